The number of carbonyl (C=O) groups excluding carboxylic acids is 2. The maximum Gasteiger partial charge on any atom is 0.253 e. The Balaban J connectivity index is 1.79. The molecule has 0 atom stereocenters. The van der Waals surface area contributed by atoms with Crippen molar-refractivity contribution in [2.75, 3.05) is 18.4 Å². The number of hydrogen-bond donors (Lipinski definition) is 1. The molecular formula is C24H30N2O2. The smallest absolute Gasteiger partial charge is 0.253 e. The molecule has 0 spiro atoms. The Labute approximate surface area is 167 Å². The van der Waals surface area contributed by atoms with Gasteiger partial charge in [0.05, 0.1) is 5.41 Å². The zero-order valence-electron chi connectivity index (χ0n) is 17.1. The number of amides is 2. The number of rotatable bonds is 6. The van der Waals surface area contributed by atoms with Gasteiger partial charge in [-0.15, -0.1) is 0 Å². The van der Waals surface area contributed by atoms with Gasteiger partial charge in [-0.05, 0) is 63.4 Å². The van der Waals surface area contributed by atoms with Gasteiger partial charge < -0.3 is 10.2 Å². The van der Waals surface area contributed by atoms with E-state index in [9.17, 15) is 9.59 Å². The second-order valence-corrected chi connectivity index (χ2v) is 7.67. The number of anilines is 1. The molecule has 1 aliphatic rings. The summed E-state index contributed by atoms with van der Waals surface area (Å²) >= 11 is 0. The van der Waals surface area contributed by atoms with Crippen molar-refractivity contribution in [1.29, 1.82) is 0 Å². The van der Waals surface area contributed by atoms with Crippen molar-refractivity contribution in [3.05, 3.63) is 65.2 Å². The first kappa shape index (κ1) is 20.1. The fraction of sp³-hybridized carbons (Fsp3) is 0.417. The number of benzene rings is 2. The molecular weight excluding hydrogens is 348 g/mol. The van der Waals surface area contributed by atoms with Gasteiger partial charge in [0.25, 0.3) is 5.91 Å². The van der Waals surface area contributed by atoms with Crippen LogP contribution in [0.5, 0.6) is 0 Å². The van der Waals surface area contributed by atoms with E-state index in [1.54, 1.807) is 17.0 Å². The Hall–Kier alpha value is -2.62. The Kier molecular flexibility index (Phi) is 6.18. The summed E-state index contributed by atoms with van der Waals surface area (Å²) in [7, 11) is 0. The van der Waals surface area contributed by atoms with Crippen LogP contribution in [0.4, 0.5) is 5.69 Å². The summed E-state index contributed by atoms with van der Waals surface area (Å²) in [4.78, 5) is 27.5. The molecule has 1 fully saturated rings. The van der Waals surface area contributed by atoms with Gasteiger partial charge in [-0.25, -0.2) is 0 Å². The van der Waals surface area contributed by atoms with Crippen LogP contribution in [-0.4, -0.2) is 29.8 Å². The predicted molar refractivity (Wildman–Crippen MR) is 114 cm³/mol. The van der Waals surface area contributed by atoms with E-state index < -0.39 is 5.41 Å². The van der Waals surface area contributed by atoms with E-state index >= 15 is 0 Å². The van der Waals surface area contributed by atoms with Crippen molar-refractivity contribution in [3.8, 4) is 0 Å². The molecule has 2 aromatic carbocycles. The van der Waals surface area contributed by atoms with Gasteiger partial charge in [-0.1, -0.05) is 42.7 Å². The summed E-state index contributed by atoms with van der Waals surface area (Å²) in [6, 6.07) is 15.6. The molecule has 0 unspecified atom stereocenters. The van der Waals surface area contributed by atoms with Gasteiger partial charge in [0, 0.05) is 24.3 Å². The van der Waals surface area contributed by atoms with Gasteiger partial charge in [-0.2, -0.15) is 0 Å². The molecule has 1 aliphatic carbocycles. The quantitative estimate of drug-likeness (QED) is 0.775. The predicted octanol–water partition coefficient (Wildman–Crippen LogP) is 4.93. The van der Waals surface area contributed by atoms with Crippen LogP contribution in [-0.2, 0) is 10.2 Å². The van der Waals surface area contributed by atoms with Crippen molar-refractivity contribution >= 4 is 17.5 Å². The summed E-state index contributed by atoms with van der Waals surface area (Å²) in [6.07, 6.45) is 3.89. The zero-order chi connectivity index (χ0) is 20.1. The van der Waals surface area contributed by atoms with Crippen molar-refractivity contribution in [1.82, 2.24) is 4.90 Å². The second-order valence-electron chi connectivity index (χ2n) is 7.67. The molecule has 2 amide bonds. The minimum atomic E-state index is -0.457. The highest BCUT2D eigenvalue weighted by Gasteiger charge is 2.42. The first-order valence-corrected chi connectivity index (χ1v) is 10.3. The summed E-state index contributed by atoms with van der Waals surface area (Å²) in [5, 5.41) is 3.10. The van der Waals surface area contributed by atoms with E-state index in [0.717, 1.165) is 36.9 Å². The van der Waals surface area contributed by atoms with E-state index in [1.807, 2.05) is 32.0 Å². The average molecular weight is 379 g/mol. The lowest BCUT2D eigenvalue weighted by Gasteiger charge is -2.28. The number of carbonyl (C=O) groups is 2. The topological polar surface area (TPSA) is 49.4 Å². The summed E-state index contributed by atoms with van der Waals surface area (Å²) in [6.45, 7) is 7.39. The van der Waals surface area contributed by atoms with Crippen molar-refractivity contribution in [2.45, 2.75) is 51.9 Å². The largest absolute Gasteiger partial charge is 0.339 e. The van der Waals surface area contributed by atoms with Crippen LogP contribution >= 0.6 is 0 Å². The molecule has 1 N–H and O–H groups in total. The van der Waals surface area contributed by atoms with Crippen molar-refractivity contribution < 1.29 is 9.59 Å². The lowest BCUT2D eigenvalue weighted by Crippen LogP contribution is -2.38. The molecule has 4 nitrogen and oxygen atoms in total. The molecule has 4 heteroatoms. The SMILES string of the molecule is CCN(CC)C(=O)c1ccc(NC(=O)C2(c3cccc(C)c3)CCCC2)cc1. The lowest BCUT2D eigenvalue weighted by molar-refractivity contribution is -0.121. The standard InChI is InChI=1S/C24H30N2O2/c1-4-26(5-2)22(27)19-11-13-21(14-12-19)25-23(28)24(15-6-7-16-24)20-10-8-9-18(3)17-20/h8-14,17H,4-7,15-16H2,1-3H3,(H,25,28). The molecule has 1 saturated carbocycles. The number of nitrogens with one attached hydrogen (secondary N) is 1. The van der Waals surface area contributed by atoms with E-state index in [-0.39, 0.29) is 11.8 Å². The normalized spacial score (nSPS) is 15.2. The van der Waals surface area contributed by atoms with Gasteiger partial charge in [0.2, 0.25) is 5.91 Å². The van der Waals surface area contributed by atoms with Crippen LogP contribution in [0.1, 0.15) is 61.0 Å². The highest BCUT2D eigenvalue weighted by Crippen LogP contribution is 2.42. The fourth-order valence-corrected chi connectivity index (χ4v) is 4.21. The third-order valence-corrected chi connectivity index (χ3v) is 5.90. The molecule has 0 saturated heterocycles. The van der Waals surface area contributed by atoms with E-state index in [0.29, 0.717) is 18.7 Å². The number of aryl methyl sites for hydroxylation is 1. The Morgan fingerprint density at radius 3 is 2.21 bits per heavy atom. The summed E-state index contributed by atoms with van der Waals surface area (Å²) in [5.41, 5.74) is 3.21. The van der Waals surface area contributed by atoms with Gasteiger partial charge in [0.15, 0.2) is 0 Å². The number of nitrogens with zero attached hydrogens (tertiary/aromatic N) is 1. The molecule has 0 aromatic heterocycles. The molecule has 148 valence electrons. The zero-order valence-corrected chi connectivity index (χ0v) is 17.1. The third kappa shape index (κ3) is 3.96. The minimum absolute atomic E-state index is 0.0231. The molecule has 0 heterocycles. The Morgan fingerprint density at radius 1 is 1.00 bits per heavy atom. The van der Waals surface area contributed by atoms with Crippen molar-refractivity contribution in [2.24, 2.45) is 0 Å². The van der Waals surface area contributed by atoms with Crippen LogP contribution in [0.3, 0.4) is 0 Å². The van der Waals surface area contributed by atoms with E-state index in [2.05, 4.69) is 30.4 Å². The van der Waals surface area contributed by atoms with Crippen LogP contribution in [0.2, 0.25) is 0 Å². The Morgan fingerprint density at radius 2 is 1.64 bits per heavy atom. The van der Waals surface area contributed by atoms with Crippen LogP contribution in [0.15, 0.2) is 48.5 Å². The first-order valence-electron chi connectivity index (χ1n) is 10.3. The van der Waals surface area contributed by atoms with Crippen LogP contribution < -0.4 is 5.32 Å². The first-order chi connectivity index (χ1) is 13.5. The van der Waals surface area contributed by atoms with Gasteiger partial charge >= 0.3 is 0 Å². The molecule has 3 rings (SSSR count). The molecule has 0 bridgehead atoms. The van der Waals surface area contributed by atoms with Crippen molar-refractivity contribution in [3.63, 3.8) is 0 Å². The van der Waals surface area contributed by atoms with Gasteiger partial charge in [0.1, 0.15) is 0 Å². The number of hydrogen-bond acceptors (Lipinski definition) is 2. The highest BCUT2D eigenvalue weighted by atomic mass is 16.2. The summed E-state index contributed by atoms with van der Waals surface area (Å²) < 4.78 is 0. The lowest BCUT2D eigenvalue weighted by atomic mass is 9.77. The second kappa shape index (κ2) is 8.59. The minimum Gasteiger partial charge on any atom is -0.339 e. The van der Waals surface area contributed by atoms with Gasteiger partial charge in [-0.3, -0.25) is 9.59 Å². The third-order valence-electron chi connectivity index (χ3n) is 5.90. The molecule has 0 radical (unpaired) electrons. The van der Waals surface area contributed by atoms with Crippen LogP contribution in [0.25, 0.3) is 0 Å². The maximum absolute atomic E-state index is 13.3. The molecule has 0 aliphatic heterocycles. The maximum atomic E-state index is 13.3. The van der Waals surface area contributed by atoms with E-state index in [1.165, 1.54) is 5.56 Å². The Bertz CT molecular complexity index is 832. The molecule has 2 aromatic rings. The summed E-state index contributed by atoms with van der Waals surface area (Å²) in [5.74, 6) is 0.0771. The average Bonchev–Trinajstić information content (AvgIpc) is 3.21. The monoisotopic (exact) mass is 378 g/mol. The highest BCUT2D eigenvalue weighted by molar-refractivity contribution is 6.00. The molecule has 28 heavy (non-hydrogen) atoms. The van der Waals surface area contributed by atoms with E-state index in [4.69, 9.17) is 0 Å². The fourth-order valence-electron chi connectivity index (χ4n) is 4.21. The van der Waals surface area contributed by atoms with Crippen LogP contribution in [0, 0.1) is 6.92 Å².